The van der Waals surface area contributed by atoms with Gasteiger partial charge in [-0.05, 0) is 25.2 Å². The van der Waals surface area contributed by atoms with Crippen LogP contribution in [-0.2, 0) is 12.5 Å². The molecule has 1 aromatic rings. The molecule has 0 spiro atoms. The lowest BCUT2D eigenvalue weighted by Gasteiger charge is -2.29. The van der Waals surface area contributed by atoms with E-state index in [1.54, 1.807) is 4.68 Å². The number of aromatic amines is 1. The highest BCUT2D eigenvalue weighted by Gasteiger charge is 2.31. The van der Waals surface area contributed by atoms with E-state index >= 15 is 0 Å². The van der Waals surface area contributed by atoms with Crippen molar-refractivity contribution in [2.75, 3.05) is 0 Å². The fraction of sp³-hybridized carbons (Fsp3) is 0.850. The van der Waals surface area contributed by atoms with Crippen molar-refractivity contribution in [2.45, 2.75) is 104 Å². The molecule has 0 aliphatic rings. The highest BCUT2D eigenvalue weighted by Crippen LogP contribution is 2.35. The fourth-order valence-electron chi connectivity index (χ4n) is 3.83. The van der Waals surface area contributed by atoms with Gasteiger partial charge >= 0.3 is 0 Å². The van der Waals surface area contributed by atoms with E-state index in [1.165, 1.54) is 57.8 Å². The quantitative estimate of drug-likeness (QED) is 0.499. The second-order valence-electron chi connectivity index (χ2n) is 7.51. The van der Waals surface area contributed by atoms with Crippen LogP contribution in [-0.4, -0.2) is 9.78 Å². The zero-order valence-corrected chi connectivity index (χ0v) is 16.1. The third-order valence-electron chi connectivity index (χ3n) is 5.25. The van der Waals surface area contributed by atoms with E-state index in [0.717, 1.165) is 24.1 Å². The van der Waals surface area contributed by atoms with Crippen molar-refractivity contribution in [3.63, 3.8) is 0 Å². The van der Waals surface area contributed by atoms with E-state index in [9.17, 15) is 4.79 Å². The number of nitrogens with one attached hydrogen (secondary N) is 1. The largest absolute Gasteiger partial charge is 0.300 e. The second-order valence-corrected chi connectivity index (χ2v) is 7.51. The zero-order valence-electron chi connectivity index (χ0n) is 16.1. The van der Waals surface area contributed by atoms with Crippen molar-refractivity contribution in [1.82, 2.24) is 9.78 Å². The average Bonchev–Trinajstić information content (AvgIpc) is 2.77. The molecule has 0 aliphatic heterocycles. The van der Waals surface area contributed by atoms with Crippen LogP contribution >= 0.6 is 0 Å². The fourth-order valence-corrected chi connectivity index (χ4v) is 3.83. The van der Waals surface area contributed by atoms with Crippen molar-refractivity contribution in [1.29, 1.82) is 0 Å². The standard InChI is InChI=1S/C20H38N2O/c1-6-8-10-12-14-16-20(4,15-13-11-9-7-2)18-17(3)21-22(5)19(18)23/h21H,6-16H2,1-5H3. The molecule has 3 nitrogen and oxygen atoms in total. The molecule has 0 amide bonds. The molecule has 0 fully saturated rings. The smallest absolute Gasteiger partial charge is 0.270 e. The molecule has 3 heteroatoms. The van der Waals surface area contributed by atoms with Gasteiger partial charge in [0.15, 0.2) is 0 Å². The molecule has 1 N–H and O–H groups in total. The van der Waals surface area contributed by atoms with E-state index in [-0.39, 0.29) is 11.0 Å². The third kappa shape index (κ3) is 5.86. The summed E-state index contributed by atoms with van der Waals surface area (Å²) < 4.78 is 1.64. The number of aromatic nitrogens is 2. The number of rotatable bonds is 12. The lowest BCUT2D eigenvalue weighted by molar-refractivity contribution is 0.359. The van der Waals surface area contributed by atoms with Crippen molar-refractivity contribution >= 4 is 0 Å². The van der Waals surface area contributed by atoms with E-state index in [1.807, 2.05) is 7.05 Å². The van der Waals surface area contributed by atoms with Crippen molar-refractivity contribution in [3.05, 3.63) is 21.6 Å². The van der Waals surface area contributed by atoms with Gasteiger partial charge in [0, 0.05) is 18.3 Å². The minimum Gasteiger partial charge on any atom is -0.300 e. The summed E-state index contributed by atoms with van der Waals surface area (Å²) in [6, 6.07) is 0. The third-order valence-corrected chi connectivity index (χ3v) is 5.25. The Kier molecular flexibility index (Phi) is 8.72. The molecule has 0 saturated heterocycles. The monoisotopic (exact) mass is 322 g/mol. The van der Waals surface area contributed by atoms with Crippen LogP contribution < -0.4 is 5.56 Å². The average molecular weight is 323 g/mol. The van der Waals surface area contributed by atoms with Crippen LogP contribution in [0.4, 0.5) is 0 Å². The first-order valence-corrected chi connectivity index (χ1v) is 9.72. The number of hydrogen-bond donors (Lipinski definition) is 1. The van der Waals surface area contributed by atoms with E-state index < -0.39 is 0 Å². The van der Waals surface area contributed by atoms with E-state index in [0.29, 0.717) is 0 Å². The predicted molar refractivity (Wildman–Crippen MR) is 100 cm³/mol. The minimum atomic E-state index is 0.0267. The minimum absolute atomic E-state index is 0.0267. The van der Waals surface area contributed by atoms with Crippen LogP contribution in [0.3, 0.4) is 0 Å². The summed E-state index contributed by atoms with van der Waals surface area (Å²) in [6.07, 6.45) is 13.8. The molecule has 0 aromatic carbocycles. The summed E-state index contributed by atoms with van der Waals surface area (Å²) in [7, 11) is 1.83. The highest BCUT2D eigenvalue weighted by atomic mass is 16.1. The Morgan fingerprint density at radius 3 is 1.83 bits per heavy atom. The van der Waals surface area contributed by atoms with Gasteiger partial charge in [-0.1, -0.05) is 78.6 Å². The van der Waals surface area contributed by atoms with E-state index in [2.05, 4.69) is 32.8 Å². The van der Waals surface area contributed by atoms with Crippen LogP contribution in [0.5, 0.6) is 0 Å². The van der Waals surface area contributed by atoms with Gasteiger partial charge in [0.05, 0.1) is 0 Å². The maximum Gasteiger partial charge on any atom is 0.270 e. The normalized spacial score (nSPS) is 14.1. The molecule has 134 valence electrons. The van der Waals surface area contributed by atoms with Gasteiger partial charge in [-0.25, -0.2) is 0 Å². The molecule has 1 aromatic heterocycles. The lowest BCUT2D eigenvalue weighted by Crippen LogP contribution is -2.30. The van der Waals surface area contributed by atoms with Crippen LogP contribution in [0, 0.1) is 6.92 Å². The van der Waals surface area contributed by atoms with Gasteiger partial charge in [-0.2, -0.15) is 0 Å². The molecule has 0 aliphatic carbocycles. The first kappa shape index (κ1) is 20.1. The Hall–Kier alpha value is -0.990. The second kappa shape index (κ2) is 10.00. The summed E-state index contributed by atoms with van der Waals surface area (Å²) in [5.41, 5.74) is 2.30. The van der Waals surface area contributed by atoms with Crippen molar-refractivity contribution < 1.29 is 0 Å². The topological polar surface area (TPSA) is 37.8 Å². The van der Waals surface area contributed by atoms with Gasteiger partial charge in [-0.15, -0.1) is 0 Å². The number of hydrogen-bond acceptors (Lipinski definition) is 1. The summed E-state index contributed by atoms with van der Waals surface area (Å²) in [4.78, 5) is 12.6. The maximum absolute atomic E-state index is 12.6. The van der Waals surface area contributed by atoms with Crippen LogP contribution in [0.15, 0.2) is 4.79 Å². The molecular weight excluding hydrogens is 284 g/mol. The Bertz CT molecular complexity index is 500. The number of H-pyrrole nitrogens is 1. The Labute approximate surface area is 142 Å². The molecule has 0 radical (unpaired) electrons. The lowest BCUT2D eigenvalue weighted by atomic mass is 9.74. The Morgan fingerprint density at radius 1 is 0.913 bits per heavy atom. The van der Waals surface area contributed by atoms with Crippen LogP contribution in [0.2, 0.25) is 0 Å². The highest BCUT2D eigenvalue weighted by molar-refractivity contribution is 5.26. The summed E-state index contributed by atoms with van der Waals surface area (Å²) in [6.45, 7) is 8.87. The van der Waals surface area contributed by atoms with Gasteiger partial charge in [0.25, 0.3) is 5.56 Å². The predicted octanol–water partition coefficient (Wildman–Crippen LogP) is 5.61. The first-order chi connectivity index (χ1) is 11.0. The Balaban J connectivity index is 2.80. The summed E-state index contributed by atoms with van der Waals surface area (Å²) in [5, 5.41) is 3.20. The molecule has 1 unspecified atom stereocenters. The summed E-state index contributed by atoms with van der Waals surface area (Å²) >= 11 is 0. The van der Waals surface area contributed by atoms with Crippen LogP contribution in [0.1, 0.15) is 103 Å². The number of unbranched alkanes of at least 4 members (excludes halogenated alkanes) is 7. The molecule has 23 heavy (non-hydrogen) atoms. The molecule has 0 bridgehead atoms. The Morgan fingerprint density at radius 2 is 1.39 bits per heavy atom. The van der Waals surface area contributed by atoms with Crippen LogP contribution in [0.25, 0.3) is 0 Å². The van der Waals surface area contributed by atoms with Crippen molar-refractivity contribution in [3.8, 4) is 0 Å². The van der Waals surface area contributed by atoms with Crippen molar-refractivity contribution in [2.24, 2.45) is 7.05 Å². The maximum atomic E-state index is 12.6. The van der Waals surface area contributed by atoms with Gasteiger partial charge in [0.2, 0.25) is 0 Å². The van der Waals surface area contributed by atoms with Gasteiger partial charge in [-0.3, -0.25) is 14.6 Å². The van der Waals surface area contributed by atoms with E-state index in [4.69, 9.17) is 0 Å². The first-order valence-electron chi connectivity index (χ1n) is 9.72. The SMILES string of the molecule is CCCCCCCC(C)(CCCCCC)c1c(C)[nH]n(C)c1=O. The number of aryl methyl sites for hydroxylation is 2. The molecular formula is C20H38N2O. The number of nitrogens with zero attached hydrogens (tertiary/aromatic N) is 1. The molecule has 0 saturated carbocycles. The van der Waals surface area contributed by atoms with Gasteiger partial charge < -0.3 is 0 Å². The zero-order chi connectivity index (χ0) is 17.3. The molecule has 1 atom stereocenters. The van der Waals surface area contributed by atoms with Gasteiger partial charge in [0.1, 0.15) is 0 Å². The molecule has 1 rings (SSSR count). The molecule has 1 heterocycles. The summed E-state index contributed by atoms with van der Waals surface area (Å²) in [5.74, 6) is 0.